The van der Waals surface area contributed by atoms with Gasteiger partial charge in [-0.3, -0.25) is 4.79 Å². The van der Waals surface area contributed by atoms with Gasteiger partial charge in [-0.05, 0) is 92.3 Å². The summed E-state index contributed by atoms with van der Waals surface area (Å²) in [6.45, 7) is 5.70. The number of aliphatic hydroxyl groups is 2. The molecule has 15 heteroatoms. The van der Waals surface area contributed by atoms with Crippen molar-refractivity contribution in [3.8, 4) is 11.5 Å². The van der Waals surface area contributed by atoms with E-state index in [1.165, 1.54) is 64.2 Å². The first-order chi connectivity index (χ1) is 29.7. The van der Waals surface area contributed by atoms with Gasteiger partial charge >= 0.3 is 5.97 Å². The molecule has 0 spiro atoms. The SMILES string of the molecule is COCCOCCOCC(=O)NCCC(O)c1cccc(OCC2CCCCC2)c1.COCCOCCOCC(=O)O.NCCC(O)c1cccc(OCC2CCCCC2)c1. The number of aliphatic hydroxyl groups excluding tert-OH is 2. The number of aliphatic carboxylic acids is 1. The first-order valence-electron chi connectivity index (χ1n) is 22.0. The van der Waals surface area contributed by atoms with Gasteiger partial charge in [0.15, 0.2) is 0 Å². The van der Waals surface area contributed by atoms with E-state index in [0.717, 1.165) is 35.8 Å². The molecule has 2 aromatic carbocycles. The van der Waals surface area contributed by atoms with Crippen LogP contribution in [0.2, 0.25) is 0 Å². The summed E-state index contributed by atoms with van der Waals surface area (Å²) in [7, 11) is 3.20. The van der Waals surface area contributed by atoms with E-state index in [1.807, 2.05) is 48.5 Å². The molecule has 6 N–H and O–H groups in total. The van der Waals surface area contributed by atoms with E-state index in [0.29, 0.717) is 90.6 Å². The largest absolute Gasteiger partial charge is 0.493 e. The van der Waals surface area contributed by atoms with Gasteiger partial charge in [-0.15, -0.1) is 0 Å². The number of carboxylic acids is 1. The Labute approximate surface area is 363 Å². The molecule has 0 saturated heterocycles. The van der Waals surface area contributed by atoms with Gasteiger partial charge in [0.05, 0.1) is 78.3 Å². The molecule has 4 rings (SSSR count). The smallest absolute Gasteiger partial charge is 0.329 e. The second-order valence-electron chi connectivity index (χ2n) is 15.2. The Morgan fingerprint density at radius 3 is 1.54 bits per heavy atom. The molecular formula is C46H76N2O13. The number of amides is 1. The lowest BCUT2D eigenvalue weighted by Crippen LogP contribution is -2.29. The maximum atomic E-state index is 11.8. The van der Waals surface area contributed by atoms with Gasteiger partial charge in [0.1, 0.15) is 24.7 Å². The van der Waals surface area contributed by atoms with Crippen molar-refractivity contribution < 1.29 is 62.8 Å². The van der Waals surface area contributed by atoms with Gasteiger partial charge in [0.2, 0.25) is 5.91 Å². The zero-order chi connectivity index (χ0) is 44.2. The van der Waals surface area contributed by atoms with Gasteiger partial charge in [-0.25, -0.2) is 4.79 Å². The molecule has 2 unspecified atom stereocenters. The number of nitrogens with two attached hydrogens (primary N) is 1. The maximum Gasteiger partial charge on any atom is 0.329 e. The minimum absolute atomic E-state index is 0.0196. The first-order valence-corrected chi connectivity index (χ1v) is 22.0. The van der Waals surface area contributed by atoms with E-state index >= 15 is 0 Å². The summed E-state index contributed by atoms with van der Waals surface area (Å²) in [5.74, 6) is 1.82. The molecule has 2 atom stereocenters. The molecule has 348 valence electrons. The summed E-state index contributed by atoms with van der Waals surface area (Å²) in [4.78, 5) is 21.7. The Morgan fingerprint density at radius 1 is 0.639 bits per heavy atom. The lowest BCUT2D eigenvalue weighted by molar-refractivity contribution is -0.142. The fourth-order valence-electron chi connectivity index (χ4n) is 6.70. The van der Waals surface area contributed by atoms with E-state index in [-0.39, 0.29) is 19.1 Å². The number of nitrogens with one attached hydrogen (secondary N) is 1. The van der Waals surface area contributed by atoms with Crippen LogP contribution in [-0.2, 0) is 38.0 Å². The summed E-state index contributed by atoms with van der Waals surface area (Å²) in [5.41, 5.74) is 7.17. The number of carbonyl (C=O) groups is 2. The fraction of sp³-hybridized carbons (Fsp3) is 0.696. The third-order valence-corrected chi connectivity index (χ3v) is 10.2. The Kier molecular flexibility index (Phi) is 31.8. The van der Waals surface area contributed by atoms with Gasteiger partial charge < -0.3 is 64.3 Å². The van der Waals surface area contributed by atoms with Crippen LogP contribution in [0.15, 0.2) is 48.5 Å². The van der Waals surface area contributed by atoms with Crippen molar-refractivity contribution in [2.45, 2.75) is 89.3 Å². The van der Waals surface area contributed by atoms with Crippen molar-refractivity contribution in [3.63, 3.8) is 0 Å². The molecule has 0 aliphatic heterocycles. The summed E-state index contributed by atoms with van der Waals surface area (Å²) in [6.07, 6.45) is 12.9. The number of ether oxygens (including phenoxy) is 8. The summed E-state index contributed by atoms with van der Waals surface area (Å²) >= 11 is 0. The molecule has 0 radical (unpaired) electrons. The highest BCUT2D eigenvalue weighted by molar-refractivity contribution is 5.77. The normalized spacial score (nSPS) is 15.4. The highest BCUT2D eigenvalue weighted by Gasteiger charge is 2.16. The van der Waals surface area contributed by atoms with Crippen molar-refractivity contribution in [1.29, 1.82) is 0 Å². The molecule has 0 bridgehead atoms. The van der Waals surface area contributed by atoms with E-state index < -0.39 is 18.2 Å². The van der Waals surface area contributed by atoms with Gasteiger partial charge in [-0.2, -0.15) is 0 Å². The molecule has 2 aliphatic carbocycles. The minimum atomic E-state index is -0.966. The molecule has 0 aromatic heterocycles. The van der Waals surface area contributed by atoms with E-state index in [4.69, 9.17) is 48.7 Å². The number of carboxylic acid groups (broad SMARTS) is 1. The molecule has 2 fully saturated rings. The van der Waals surface area contributed by atoms with Crippen molar-refractivity contribution in [2.75, 3.05) is 107 Å². The van der Waals surface area contributed by atoms with E-state index in [1.54, 1.807) is 14.2 Å². The van der Waals surface area contributed by atoms with Crippen molar-refractivity contribution in [1.82, 2.24) is 5.32 Å². The predicted molar refractivity (Wildman–Crippen MR) is 233 cm³/mol. The zero-order valence-corrected chi connectivity index (χ0v) is 36.8. The number of hydrogen-bond donors (Lipinski definition) is 5. The van der Waals surface area contributed by atoms with Crippen LogP contribution in [0.5, 0.6) is 11.5 Å². The second-order valence-corrected chi connectivity index (χ2v) is 15.2. The molecule has 15 nitrogen and oxygen atoms in total. The average Bonchev–Trinajstić information content (AvgIpc) is 3.28. The van der Waals surface area contributed by atoms with Crippen molar-refractivity contribution >= 4 is 11.9 Å². The van der Waals surface area contributed by atoms with Crippen LogP contribution in [0.3, 0.4) is 0 Å². The van der Waals surface area contributed by atoms with Crippen LogP contribution in [-0.4, -0.2) is 134 Å². The summed E-state index contributed by atoms with van der Waals surface area (Å²) in [5, 5.41) is 31.3. The number of benzene rings is 2. The van der Waals surface area contributed by atoms with E-state index in [9.17, 15) is 19.8 Å². The number of carbonyl (C=O) groups excluding carboxylic acids is 1. The summed E-state index contributed by atoms with van der Waals surface area (Å²) < 4.78 is 41.6. The third kappa shape index (κ3) is 28.0. The Bertz CT molecular complexity index is 1370. The molecule has 2 aliphatic rings. The standard InChI is InChI=1S/C23H37NO6.C16H25NO2.C7H14O5/c1-27-12-13-28-14-15-29-18-23(26)24-11-10-22(25)20-8-5-9-21(16-20)30-17-19-6-3-2-4-7-19;17-10-9-16(18)14-7-4-8-15(11-14)19-12-13-5-2-1-3-6-13;1-10-2-3-11-4-5-12-6-7(8)9/h5,8-9,16,19,22,25H,2-4,6-7,10-15,17-18H2,1H3,(H,24,26);4,7-8,11,13,16,18H,1-3,5-6,9-10,12,17H2;2-6H2,1H3,(H,8,9). The van der Waals surface area contributed by atoms with Gasteiger partial charge in [-0.1, -0.05) is 62.8 Å². The number of methoxy groups -OCH3 is 2. The second kappa shape index (κ2) is 36.1. The van der Waals surface area contributed by atoms with Crippen LogP contribution in [0.25, 0.3) is 0 Å². The minimum Gasteiger partial charge on any atom is -0.493 e. The van der Waals surface area contributed by atoms with Crippen LogP contribution in [0.4, 0.5) is 0 Å². The highest BCUT2D eigenvalue weighted by atomic mass is 16.6. The van der Waals surface area contributed by atoms with Crippen LogP contribution >= 0.6 is 0 Å². The average molecular weight is 865 g/mol. The Balaban J connectivity index is 0.000000351. The van der Waals surface area contributed by atoms with Gasteiger partial charge in [0, 0.05) is 20.8 Å². The van der Waals surface area contributed by atoms with Crippen LogP contribution < -0.4 is 20.5 Å². The lowest BCUT2D eigenvalue weighted by Gasteiger charge is -2.22. The molecule has 0 heterocycles. The highest BCUT2D eigenvalue weighted by Crippen LogP contribution is 2.27. The summed E-state index contributed by atoms with van der Waals surface area (Å²) in [6, 6.07) is 15.4. The van der Waals surface area contributed by atoms with E-state index in [2.05, 4.69) is 5.32 Å². The molecule has 2 saturated carbocycles. The molecule has 1 amide bonds. The van der Waals surface area contributed by atoms with Crippen LogP contribution in [0, 0.1) is 11.8 Å². The topological polar surface area (TPSA) is 207 Å². The fourth-order valence-corrected chi connectivity index (χ4v) is 6.70. The Hall–Kier alpha value is -3.38. The third-order valence-electron chi connectivity index (χ3n) is 10.2. The monoisotopic (exact) mass is 865 g/mol. The van der Waals surface area contributed by atoms with Crippen molar-refractivity contribution in [2.24, 2.45) is 17.6 Å². The lowest BCUT2D eigenvalue weighted by atomic mass is 9.90. The van der Waals surface area contributed by atoms with Crippen molar-refractivity contribution in [3.05, 3.63) is 59.7 Å². The molecule has 61 heavy (non-hydrogen) atoms. The number of hydrogen-bond acceptors (Lipinski definition) is 13. The quantitative estimate of drug-likeness (QED) is 0.0628. The van der Waals surface area contributed by atoms with Crippen LogP contribution in [0.1, 0.15) is 100 Å². The Morgan fingerprint density at radius 2 is 1.08 bits per heavy atom. The van der Waals surface area contributed by atoms with Gasteiger partial charge in [0.25, 0.3) is 0 Å². The zero-order valence-electron chi connectivity index (χ0n) is 36.8. The molecular weight excluding hydrogens is 789 g/mol. The number of rotatable bonds is 29. The molecule has 2 aromatic rings. The predicted octanol–water partition coefficient (Wildman–Crippen LogP) is 5.64. The first kappa shape index (κ1) is 53.8. The maximum absolute atomic E-state index is 11.8.